The fraction of sp³-hybridized carbons (Fsp3) is 0.278. The molecule has 120 valence electrons. The summed E-state index contributed by atoms with van der Waals surface area (Å²) in [5.74, 6) is 0.576. The lowest BCUT2D eigenvalue weighted by molar-refractivity contribution is -0.142. The number of ether oxygens (including phenoxy) is 2. The molecular weight excluding hydrogens is 358 g/mol. The van der Waals surface area contributed by atoms with Crippen LogP contribution in [0, 0.1) is 0 Å². The molecule has 0 spiro atoms. The largest absolute Gasteiger partial charge is 0.488 e. The number of hydrogen-bond donors (Lipinski definition) is 1. The fourth-order valence-corrected chi connectivity index (χ4v) is 3.10. The van der Waals surface area contributed by atoms with Crippen LogP contribution in [-0.2, 0) is 9.53 Å². The normalized spacial score (nSPS) is 20.3. The van der Waals surface area contributed by atoms with Gasteiger partial charge in [-0.3, -0.25) is 4.79 Å². The molecule has 0 unspecified atom stereocenters. The Balaban J connectivity index is 1.80. The van der Waals surface area contributed by atoms with Crippen LogP contribution in [0.3, 0.4) is 0 Å². The summed E-state index contributed by atoms with van der Waals surface area (Å²) in [5.41, 5.74) is 2.13. The van der Waals surface area contributed by atoms with Crippen LogP contribution >= 0.6 is 15.9 Å². The van der Waals surface area contributed by atoms with Crippen molar-refractivity contribution in [3.63, 3.8) is 0 Å². The molecule has 1 heterocycles. The van der Waals surface area contributed by atoms with E-state index >= 15 is 0 Å². The summed E-state index contributed by atoms with van der Waals surface area (Å²) in [7, 11) is 1.40. The maximum Gasteiger partial charge on any atom is 0.323 e. The van der Waals surface area contributed by atoms with Gasteiger partial charge in [0.05, 0.1) is 7.11 Å². The Morgan fingerprint density at radius 2 is 2.00 bits per heavy atom. The average molecular weight is 376 g/mol. The molecule has 0 bridgehead atoms. The number of rotatable bonds is 4. The molecule has 2 atom stereocenters. The van der Waals surface area contributed by atoms with E-state index in [-0.39, 0.29) is 18.1 Å². The van der Waals surface area contributed by atoms with Crippen molar-refractivity contribution in [2.75, 3.05) is 13.7 Å². The second-order valence-electron chi connectivity index (χ2n) is 5.47. The molecule has 2 aromatic rings. The number of benzene rings is 2. The number of esters is 1. The first-order valence-electron chi connectivity index (χ1n) is 7.50. The molecule has 1 N–H and O–H groups in total. The van der Waals surface area contributed by atoms with Gasteiger partial charge in [0.25, 0.3) is 0 Å². The average Bonchev–Trinajstić information content (AvgIpc) is 3.05. The minimum atomic E-state index is -0.291. The fourth-order valence-electron chi connectivity index (χ4n) is 2.74. The Labute approximate surface area is 143 Å². The second-order valence-corrected chi connectivity index (χ2v) is 6.38. The predicted molar refractivity (Wildman–Crippen MR) is 92.4 cm³/mol. The van der Waals surface area contributed by atoms with Crippen molar-refractivity contribution >= 4 is 21.9 Å². The van der Waals surface area contributed by atoms with E-state index in [1.165, 1.54) is 7.11 Å². The molecule has 5 heteroatoms. The van der Waals surface area contributed by atoms with E-state index in [9.17, 15) is 4.79 Å². The van der Waals surface area contributed by atoms with Crippen LogP contribution < -0.4 is 10.1 Å². The molecule has 1 aliphatic heterocycles. The van der Waals surface area contributed by atoms with Crippen LogP contribution in [0.25, 0.3) is 11.1 Å². The Bertz CT molecular complexity index is 690. The first kappa shape index (κ1) is 16.0. The molecule has 23 heavy (non-hydrogen) atoms. The predicted octanol–water partition coefficient (Wildman–Crippen LogP) is 3.40. The van der Waals surface area contributed by atoms with Crippen LogP contribution in [0.4, 0.5) is 0 Å². The van der Waals surface area contributed by atoms with Gasteiger partial charge in [-0.1, -0.05) is 46.3 Å². The lowest BCUT2D eigenvalue weighted by atomic mass is 10.0. The molecule has 2 aromatic carbocycles. The summed E-state index contributed by atoms with van der Waals surface area (Å²) in [6.45, 7) is 0.629. The lowest BCUT2D eigenvalue weighted by Crippen LogP contribution is -2.31. The van der Waals surface area contributed by atoms with Crippen molar-refractivity contribution in [3.8, 4) is 16.9 Å². The Morgan fingerprint density at radius 1 is 1.22 bits per heavy atom. The van der Waals surface area contributed by atoms with Gasteiger partial charge >= 0.3 is 5.97 Å². The standard InChI is InChI=1S/C18H18BrNO3/c1-22-18(21)16-10-14(11-20-16)23-17-8-7-13(19)9-15(17)12-5-3-2-4-6-12/h2-9,14,16,20H,10-11H2,1H3/t14-,16-/m0/s1. The molecule has 1 aliphatic rings. The van der Waals surface area contributed by atoms with Crippen LogP contribution in [0.2, 0.25) is 0 Å². The summed E-state index contributed by atoms with van der Waals surface area (Å²) in [6.07, 6.45) is 0.555. The van der Waals surface area contributed by atoms with Gasteiger partial charge in [-0.2, -0.15) is 0 Å². The SMILES string of the molecule is COC(=O)[C@@H]1C[C@H](Oc2ccc(Br)cc2-c2ccccc2)CN1. The summed E-state index contributed by atoms with van der Waals surface area (Å²) in [4.78, 5) is 11.6. The van der Waals surface area contributed by atoms with Gasteiger partial charge < -0.3 is 14.8 Å². The highest BCUT2D eigenvalue weighted by atomic mass is 79.9. The summed E-state index contributed by atoms with van der Waals surface area (Å²) in [5, 5.41) is 3.14. The van der Waals surface area contributed by atoms with Crippen LogP contribution in [0.1, 0.15) is 6.42 Å². The van der Waals surface area contributed by atoms with E-state index in [4.69, 9.17) is 9.47 Å². The number of nitrogens with one attached hydrogen (secondary N) is 1. The molecule has 1 saturated heterocycles. The minimum Gasteiger partial charge on any atom is -0.488 e. The van der Waals surface area contributed by atoms with Crippen molar-refractivity contribution in [1.29, 1.82) is 0 Å². The van der Waals surface area contributed by atoms with Gasteiger partial charge in [0.1, 0.15) is 17.9 Å². The summed E-state index contributed by atoms with van der Waals surface area (Å²) >= 11 is 3.52. The molecule has 0 radical (unpaired) electrons. The Hall–Kier alpha value is -1.85. The van der Waals surface area contributed by atoms with Crippen LogP contribution in [-0.4, -0.2) is 31.8 Å². The zero-order chi connectivity index (χ0) is 16.2. The molecular formula is C18H18BrNO3. The van der Waals surface area contributed by atoms with Crippen molar-refractivity contribution in [2.24, 2.45) is 0 Å². The molecule has 0 amide bonds. The number of carbonyl (C=O) groups excluding carboxylic acids is 1. The number of hydrogen-bond acceptors (Lipinski definition) is 4. The van der Waals surface area contributed by atoms with Crippen LogP contribution in [0.15, 0.2) is 53.0 Å². The van der Waals surface area contributed by atoms with Gasteiger partial charge in [-0.15, -0.1) is 0 Å². The summed E-state index contributed by atoms with van der Waals surface area (Å²) in [6, 6.07) is 15.8. The summed E-state index contributed by atoms with van der Waals surface area (Å²) < 4.78 is 11.9. The van der Waals surface area contributed by atoms with Crippen molar-refractivity contribution in [3.05, 3.63) is 53.0 Å². The van der Waals surface area contributed by atoms with Gasteiger partial charge in [-0.25, -0.2) is 0 Å². The molecule has 0 aromatic heterocycles. The highest BCUT2D eigenvalue weighted by molar-refractivity contribution is 9.10. The highest BCUT2D eigenvalue weighted by Gasteiger charge is 2.31. The maximum atomic E-state index is 11.6. The maximum absolute atomic E-state index is 11.6. The highest BCUT2D eigenvalue weighted by Crippen LogP contribution is 2.34. The zero-order valence-corrected chi connectivity index (χ0v) is 14.4. The van der Waals surface area contributed by atoms with Crippen molar-refractivity contribution < 1.29 is 14.3 Å². The van der Waals surface area contributed by atoms with Gasteiger partial charge in [0.15, 0.2) is 0 Å². The molecule has 0 saturated carbocycles. The lowest BCUT2D eigenvalue weighted by Gasteiger charge is -2.17. The number of methoxy groups -OCH3 is 1. The number of halogens is 1. The van der Waals surface area contributed by atoms with E-state index in [0.717, 1.165) is 21.3 Å². The van der Waals surface area contributed by atoms with E-state index in [1.807, 2.05) is 36.4 Å². The van der Waals surface area contributed by atoms with E-state index in [0.29, 0.717) is 13.0 Å². The topological polar surface area (TPSA) is 47.6 Å². The Morgan fingerprint density at radius 3 is 2.74 bits per heavy atom. The smallest absolute Gasteiger partial charge is 0.323 e. The van der Waals surface area contributed by atoms with Crippen LogP contribution in [0.5, 0.6) is 5.75 Å². The van der Waals surface area contributed by atoms with Gasteiger partial charge in [-0.05, 0) is 23.8 Å². The third-order valence-electron chi connectivity index (χ3n) is 3.90. The Kier molecular flexibility index (Phi) is 4.98. The monoisotopic (exact) mass is 375 g/mol. The molecule has 3 rings (SSSR count). The van der Waals surface area contributed by atoms with Crippen molar-refractivity contribution in [1.82, 2.24) is 5.32 Å². The molecule has 4 nitrogen and oxygen atoms in total. The second kappa shape index (κ2) is 7.15. The third kappa shape index (κ3) is 3.74. The first-order valence-corrected chi connectivity index (χ1v) is 8.29. The van der Waals surface area contributed by atoms with Crippen molar-refractivity contribution in [2.45, 2.75) is 18.6 Å². The zero-order valence-electron chi connectivity index (χ0n) is 12.8. The third-order valence-corrected chi connectivity index (χ3v) is 4.39. The molecule has 1 fully saturated rings. The quantitative estimate of drug-likeness (QED) is 0.831. The van der Waals surface area contributed by atoms with E-state index < -0.39 is 0 Å². The van der Waals surface area contributed by atoms with Gasteiger partial charge in [0.2, 0.25) is 0 Å². The van der Waals surface area contributed by atoms with E-state index in [1.54, 1.807) is 0 Å². The van der Waals surface area contributed by atoms with E-state index in [2.05, 4.69) is 33.4 Å². The first-order chi connectivity index (χ1) is 11.2. The molecule has 0 aliphatic carbocycles. The van der Waals surface area contributed by atoms with Gasteiger partial charge in [0, 0.05) is 23.0 Å². The number of carbonyl (C=O) groups is 1. The minimum absolute atomic E-state index is 0.0530.